The highest BCUT2D eigenvalue weighted by atomic mass is 127. The van der Waals surface area contributed by atoms with Gasteiger partial charge in [0.2, 0.25) is 0 Å². The van der Waals surface area contributed by atoms with E-state index in [0.717, 1.165) is 9.39 Å². The fourth-order valence-corrected chi connectivity index (χ4v) is 1.97. The smallest absolute Gasteiger partial charge is 0.117 e. The standard InChI is InChI=1S/C8H5IN2S/c9-8-3-7(10-5-11-8)6-1-2-12-4-6/h1-5H. The molecule has 0 bridgehead atoms. The molecule has 0 fully saturated rings. The Labute approximate surface area is 87.8 Å². The van der Waals surface area contributed by atoms with Crippen LogP contribution in [0, 0.1) is 3.70 Å². The van der Waals surface area contributed by atoms with E-state index in [1.54, 1.807) is 17.7 Å². The van der Waals surface area contributed by atoms with Crippen LogP contribution >= 0.6 is 33.9 Å². The van der Waals surface area contributed by atoms with Gasteiger partial charge < -0.3 is 0 Å². The molecule has 4 heteroatoms. The summed E-state index contributed by atoms with van der Waals surface area (Å²) in [6.45, 7) is 0. The average molecular weight is 288 g/mol. The van der Waals surface area contributed by atoms with E-state index in [0.29, 0.717) is 0 Å². The summed E-state index contributed by atoms with van der Waals surface area (Å²) in [6.07, 6.45) is 1.59. The second-order valence-electron chi connectivity index (χ2n) is 2.24. The van der Waals surface area contributed by atoms with Gasteiger partial charge in [-0.1, -0.05) is 0 Å². The summed E-state index contributed by atoms with van der Waals surface area (Å²) in [5, 5.41) is 4.13. The van der Waals surface area contributed by atoms with Crippen molar-refractivity contribution in [2.24, 2.45) is 0 Å². The van der Waals surface area contributed by atoms with Crippen molar-refractivity contribution in [1.82, 2.24) is 9.97 Å². The van der Waals surface area contributed by atoms with E-state index in [-0.39, 0.29) is 0 Å². The molecule has 2 rings (SSSR count). The van der Waals surface area contributed by atoms with Gasteiger partial charge in [0.15, 0.2) is 0 Å². The molecule has 0 aliphatic carbocycles. The molecule has 0 unspecified atom stereocenters. The van der Waals surface area contributed by atoms with Crippen molar-refractivity contribution < 1.29 is 0 Å². The van der Waals surface area contributed by atoms with Crippen LogP contribution in [0.2, 0.25) is 0 Å². The number of thiophene rings is 1. The lowest BCUT2D eigenvalue weighted by atomic mass is 10.2. The fraction of sp³-hybridized carbons (Fsp3) is 0. The number of aromatic nitrogens is 2. The van der Waals surface area contributed by atoms with Crippen molar-refractivity contribution in [3.63, 3.8) is 0 Å². The lowest BCUT2D eigenvalue weighted by molar-refractivity contribution is 1.14. The van der Waals surface area contributed by atoms with E-state index < -0.39 is 0 Å². The van der Waals surface area contributed by atoms with Crippen molar-refractivity contribution in [1.29, 1.82) is 0 Å². The van der Waals surface area contributed by atoms with Gasteiger partial charge in [-0.3, -0.25) is 0 Å². The van der Waals surface area contributed by atoms with Crippen LogP contribution < -0.4 is 0 Å². The van der Waals surface area contributed by atoms with Gasteiger partial charge in [0.25, 0.3) is 0 Å². The summed E-state index contributed by atoms with van der Waals surface area (Å²) in [4.78, 5) is 8.20. The van der Waals surface area contributed by atoms with Crippen molar-refractivity contribution in [3.05, 3.63) is 32.9 Å². The molecular formula is C8H5IN2S. The molecular weight excluding hydrogens is 283 g/mol. The van der Waals surface area contributed by atoms with Crippen LogP contribution in [0.3, 0.4) is 0 Å². The molecule has 2 heterocycles. The predicted octanol–water partition coefficient (Wildman–Crippen LogP) is 2.81. The van der Waals surface area contributed by atoms with Crippen molar-refractivity contribution >= 4 is 33.9 Å². The number of halogens is 1. The van der Waals surface area contributed by atoms with Crippen LogP contribution in [-0.4, -0.2) is 9.97 Å². The van der Waals surface area contributed by atoms with Gasteiger partial charge in [-0.2, -0.15) is 11.3 Å². The Morgan fingerprint density at radius 2 is 2.25 bits per heavy atom. The molecule has 0 saturated carbocycles. The van der Waals surface area contributed by atoms with Crippen LogP contribution in [0.25, 0.3) is 11.3 Å². The first kappa shape index (κ1) is 8.12. The number of hydrogen-bond donors (Lipinski definition) is 0. The summed E-state index contributed by atoms with van der Waals surface area (Å²) in [7, 11) is 0. The van der Waals surface area contributed by atoms with E-state index in [9.17, 15) is 0 Å². The van der Waals surface area contributed by atoms with Gasteiger partial charge in [-0.05, 0) is 40.1 Å². The Morgan fingerprint density at radius 1 is 1.33 bits per heavy atom. The minimum atomic E-state index is 0.976. The van der Waals surface area contributed by atoms with Gasteiger partial charge in [-0.15, -0.1) is 0 Å². The van der Waals surface area contributed by atoms with E-state index in [1.807, 2.05) is 11.4 Å². The maximum atomic E-state index is 4.17. The molecule has 2 aromatic heterocycles. The molecule has 0 aliphatic rings. The molecule has 12 heavy (non-hydrogen) atoms. The van der Waals surface area contributed by atoms with Gasteiger partial charge in [0.05, 0.1) is 5.69 Å². The minimum Gasteiger partial charge on any atom is -0.236 e. The molecule has 60 valence electrons. The summed E-state index contributed by atoms with van der Waals surface area (Å²) >= 11 is 3.86. The Kier molecular flexibility index (Phi) is 2.36. The number of nitrogens with zero attached hydrogens (tertiary/aromatic N) is 2. The zero-order chi connectivity index (χ0) is 8.39. The van der Waals surface area contributed by atoms with Crippen LogP contribution in [0.1, 0.15) is 0 Å². The lowest BCUT2D eigenvalue weighted by Gasteiger charge is -1.95. The molecule has 0 atom stereocenters. The lowest BCUT2D eigenvalue weighted by Crippen LogP contribution is -1.85. The zero-order valence-electron chi connectivity index (χ0n) is 6.07. The Hall–Kier alpha value is -0.490. The molecule has 0 spiro atoms. The third-order valence-electron chi connectivity index (χ3n) is 1.45. The summed E-state index contributed by atoms with van der Waals surface area (Å²) in [5.74, 6) is 0. The third-order valence-corrected chi connectivity index (χ3v) is 2.72. The molecule has 0 radical (unpaired) electrons. The SMILES string of the molecule is Ic1cc(-c2ccsc2)ncn1. The predicted molar refractivity (Wildman–Crippen MR) is 58.1 cm³/mol. The van der Waals surface area contributed by atoms with Gasteiger partial charge in [0, 0.05) is 10.9 Å². The highest BCUT2D eigenvalue weighted by Gasteiger charge is 1.99. The van der Waals surface area contributed by atoms with Gasteiger partial charge in [-0.25, -0.2) is 9.97 Å². The normalized spacial score (nSPS) is 10.1. The maximum Gasteiger partial charge on any atom is 0.117 e. The highest BCUT2D eigenvalue weighted by Crippen LogP contribution is 2.19. The van der Waals surface area contributed by atoms with Crippen molar-refractivity contribution in [3.8, 4) is 11.3 Å². The largest absolute Gasteiger partial charge is 0.236 e. The maximum absolute atomic E-state index is 4.17. The summed E-state index contributed by atoms with van der Waals surface area (Å²) in [5.41, 5.74) is 2.16. The molecule has 2 aromatic rings. The Bertz CT molecular complexity index is 372. The Morgan fingerprint density at radius 3 is 2.92 bits per heavy atom. The van der Waals surface area contributed by atoms with Gasteiger partial charge in [0.1, 0.15) is 10.0 Å². The molecule has 0 amide bonds. The summed E-state index contributed by atoms with van der Waals surface area (Å²) < 4.78 is 0.976. The van der Waals surface area contributed by atoms with Crippen molar-refractivity contribution in [2.45, 2.75) is 0 Å². The monoisotopic (exact) mass is 288 g/mol. The first-order chi connectivity index (χ1) is 5.86. The van der Waals surface area contributed by atoms with Gasteiger partial charge >= 0.3 is 0 Å². The van der Waals surface area contributed by atoms with Crippen molar-refractivity contribution in [2.75, 3.05) is 0 Å². The van der Waals surface area contributed by atoms with Crippen LogP contribution in [0.4, 0.5) is 0 Å². The molecule has 2 nitrogen and oxygen atoms in total. The quantitative estimate of drug-likeness (QED) is 0.595. The zero-order valence-corrected chi connectivity index (χ0v) is 9.04. The molecule has 0 saturated heterocycles. The first-order valence-electron chi connectivity index (χ1n) is 3.36. The van der Waals surface area contributed by atoms with Crippen LogP contribution in [0.15, 0.2) is 29.2 Å². The van der Waals surface area contributed by atoms with Crippen LogP contribution in [-0.2, 0) is 0 Å². The van der Waals surface area contributed by atoms with Crippen LogP contribution in [0.5, 0.6) is 0 Å². The van der Waals surface area contributed by atoms with E-state index in [1.165, 1.54) is 5.56 Å². The minimum absolute atomic E-state index is 0.976. The molecule has 0 aromatic carbocycles. The topological polar surface area (TPSA) is 25.8 Å². The number of hydrogen-bond acceptors (Lipinski definition) is 3. The second-order valence-corrected chi connectivity index (χ2v) is 4.12. The number of rotatable bonds is 1. The summed E-state index contributed by atoms with van der Waals surface area (Å²) in [6, 6.07) is 4.03. The Balaban J connectivity index is 2.48. The fourth-order valence-electron chi connectivity index (χ4n) is 0.902. The van der Waals surface area contributed by atoms with E-state index in [2.05, 4.69) is 44.0 Å². The second kappa shape index (κ2) is 3.49. The molecule has 0 aliphatic heterocycles. The third kappa shape index (κ3) is 1.64. The van der Waals surface area contributed by atoms with E-state index >= 15 is 0 Å². The first-order valence-corrected chi connectivity index (χ1v) is 5.38. The molecule has 0 N–H and O–H groups in total. The highest BCUT2D eigenvalue weighted by molar-refractivity contribution is 14.1. The average Bonchev–Trinajstić information content (AvgIpc) is 2.56. The van der Waals surface area contributed by atoms with E-state index in [4.69, 9.17) is 0 Å².